The molecule has 1 saturated heterocycles. The predicted molar refractivity (Wildman–Crippen MR) is 62.7 cm³/mol. The number of nitrogens with one attached hydrogen (secondary N) is 1. The fourth-order valence-corrected chi connectivity index (χ4v) is 2.05. The van der Waals surface area contributed by atoms with Crippen molar-refractivity contribution >= 4 is 0 Å². The minimum atomic E-state index is -0.332. The van der Waals surface area contributed by atoms with Crippen LogP contribution in [0.5, 0.6) is 0 Å². The molecule has 3 rings (SSSR count). The fraction of sp³-hybridized carbons (Fsp3) is 0.417. The van der Waals surface area contributed by atoms with Crippen LogP contribution in [-0.2, 0) is 6.42 Å². The molecule has 2 N–H and O–H groups in total. The van der Waals surface area contributed by atoms with Crippen LogP contribution in [0.2, 0.25) is 0 Å². The molecule has 3 heterocycles. The summed E-state index contributed by atoms with van der Waals surface area (Å²) in [6.07, 6.45) is 2.58. The molecule has 6 nitrogen and oxygen atoms in total. The smallest absolute Gasteiger partial charge is 0.243 e. The average molecular weight is 246 g/mol. The normalized spacial score (nSPS) is 23.4. The quantitative estimate of drug-likeness (QED) is 0.818. The lowest BCUT2D eigenvalue weighted by Gasteiger charge is -2.01. The third-order valence-corrected chi connectivity index (χ3v) is 2.95. The van der Waals surface area contributed by atoms with E-state index in [-0.39, 0.29) is 12.1 Å². The maximum absolute atomic E-state index is 9.44. The maximum Gasteiger partial charge on any atom is 0.243 e. The largest absolute Gasteiger partial charge is 0.392 e. The molecule has 0 aliphatic carbocycles. The Bertz CT molecular complexity index is 514. The van der Waals surface area contributed by atoms with Crippen LogP contribution in [0.25, 0.3) is 0 Å². The fourth-order valence-electron chi connectivity index (χ4n) is 2.05. The third-order valence-electron chi connectivity index (χ3n) is 2.95. The monoisotopic (exact) mass is 246 g/mol. The Hall–Kier alpha value is -1.79. The van der Waals surface area contributed by atoms with Crippen molar-refractivity contribution in [1.29, 1.82) is 0 Å². The summed E-state index contributed by atoms with van der Waals surface area (Å²) in [5.41, 5.74) is 0.907. The van der Waals surface area contributed by atoms with Gasteiger partial charge in [0, 0.05) is 18.4 Å². The van der Waals surface area contributed by atoms with E-state index in [1.54, 1.807) is 6.20 Å². The second-order valence-corrected chi connectivity index (χ2v) is 4.40. The van der Waals surface area contributed by atoms with Gasteiger partial charge >= 0.3 is 0 Å². The van der Waals surface area contributed by atoms with Gasteiger partial charge in [-0.2, -0.15) is 4.98 Å². The molecular weight excluding hydrogens is 232 g/mol. The highest BCUT2D eigenvalue weighted by Gasteiger charge is 2.28. The van der Waals surface area contributed by atoms with E-state index >= 15 is 0 Å². The van der Waals surface area contributed by atoms with Crippen LogP contribution in [-0.4, -0.2) is 32.9 Å². The van der Waals surface area contributed by atoms with Gasteiger partial charge in [-0.25, -0.2) is 0 Å². The van der Waals surface area contributed by atoms with Gasteiger partial charge in [-0.15, -0.1) is 0 Å². The molecule has 2 aromatic heterocycles. The van der Waals surface area contributed by atoms with E-state index in [2.05, 4.69) is 20.4 Å². The number of β-amino-alcohol motifs (C(OH)–C–C–N with tert-alkyl or cyclic N) is 1. The number of pyridine rings is 1. The van der Waals surface area contributed by atoms with Crippen molar-refractivity contribution in [3.8, 4) is 0 Å². The van der Waals surface area contributed by atoms with Crippen molar-refractivity contribution in [1.82, 2.24) is 20.4 Å². The molecule has 0 amide bonds. The highest BCUT2D eigenvalue weighted by molar-refractivity contribution is 5.09. The second kappa shape index (κ2) is 4.83. The molecule has 0 radical (unpaired) electrons. The lowest BCUT2D eigenvalue weighted by molar-refractivity contribution is 0.191. The summed E-state index contributed by atoms with van der Waals surface area (Å²) in [5, 5.41) is 16.5. The Kier molecular flexibility index (Phi) is 3.04. The Labute approximate surface area is 104 Å². The number of rotatable bonds is 3. The highest BCUT2D eigenvalue weighted by atomic mass is 16.5. The molecule has 94 valence electrons. The number of nitrogens with zero attached hydrogens (tertiary/aromatic N) is 3. The van der Waals surface area contributed by atoms with Crippen LogP contribution >= 0.6 is 0 Å². The van der Waals surface area contributed by atoms with Crippen LogP contribution in [0.3, 0.4) is 0 Å². The van der Waals surface area contributed by atoms with Gasteiger partial charge in [-0.05, 0) is 18.6 Å². The molecule has 18 heavy (non-hydrogen) atoms. The number of hydrogen-bond donors (Lipinski definition) is 2. The molecule has 6 heteroatoms. The van der Waals surface area contributed by atoms with Crippen LogP contribution in [0.15, 0.2) is 28.9 Å². The minimum Gasteiger partial charge on any atom is -0.392 e. The van der Waals surface area contributed by atoms with Crippen LogP contribution in [0, 0.1) is 0 Å². The summed E-state index contributed by atoms with van der Waals surface area (Å²) in [6, 6.07) is 5.69. The number of hydrogen-bond acceptors (Lipinski definition) is 6. The van der Waals surface area contributed by atoms with Gasteiger partial charge in [0.25, 0.3) is 0 Å². The molecule has 0 bridgehead atoms. The Balaban J connectivity index is 1.70. The molecular formula is C12H14N4O2. The van der Waals surface area contributed by atoms with Gasteiger partial charge in [0.05, 0.1) is 18.6 Å². The topological polar surface area (TPSA) is 84.1 Å². The third kappa shape index (κ3) is 2.39. The molecule has 0 saturated carbocycles. The number of aliphatic hydroxyl groups excluding tert-OH is 1. The van der Waals surface area contributed by atoms with Crippen molar-refractivity contribution in [2.24, 2.45) is 0 Å². The van der Waals surface area contributed by atoms with Gasteiger partial charge in [-0.1, -0.05) is 11.2 Å². The van der Waals surface area contributed by atoms with Crippen molar-refractivity contribution in [3.63, 3.8) is 0 Å². The number of aliphatic hydroxyl groups is 1. The second-order valence-electron chi connectivity index (χ2n) is 4.40. The molecule has 1 fully saturated rings. The standard InChI is InChI=1S/C12H14N4O2/c17-9-6-10(14-7-9)12-15-11(16-18-12)5-8-3-1-2-4-13-8/h1-4,9-10,14,17H,5-7H2. The zero-order chi connectivity index (χ0) is 12.4. The SMILES string of the molecule is OC1CNC(c2nc(Cc3ccccn3)no2)C1. The summed E-state index contributed by atoms with van der Waals surface area (Å²) < 4.78 is 5.21. The van der Waals surface area contributed by atoms with E-state index in [1.807, 2.05) is 18.2 Å². The van der Waals surface area contributed by atoms with Gasteiger partial charge in [0.2, 0.25) is 5.89 Å². The van der Waals surface area contributed by atoms with E-state index in [1.165, 1.54) is 0 Å². The van der Waals surface area contributed by atoms with Crippen molar-refractivity contribution < 1.29 is 9.63 Å². The summed E-state index contributed by atoms with van der Waals surface area (Å²) >= 11 is 0. The van der Waals surface area contributed by atoms with E-state index in [4.69, 9.17) is 4.52 Å². The van der Waals surface area contributed by atoms with Gasteiger partial charge in [0.15, 0.2) is 5.82 Å². The Morgan fingerprint density at radius 1 is 1.44 bits per heavy atom. The zero-order valence-corrected chi connectivity index (χ0v) is 9.78. The molecule has 0 spiro atoms. The summed E-state index contributed by atoms with van der Waals surface area (Å²) in [5.74, 6) is 1.16. The first-order valence-electron chi connectivity index (χ1n) is 5.95. The minimum absolute atomic E-state index is 0.0371. The van der Waals surface area contributed by atoms with Crippen LogP contribution in [0.1, 0.15) is 29.9 Å². The van der Waals surface area contributed by atoms with Crippen LogP contribution < -0.4 is 5.32 Å². The average Bonchev–Trinajstić information content (AvgIpc) is 2.99. The summed E-state index contributed by atoms with van der Waals surface area (Å²) in [6.45, 7) is 0.572. The van der Waals surface area contributed by atoms with Gasteiger partial charge in [0.1, 0.15) is 0 Å². The van der Waals surface area contributed by atoms with E-state index in [9.17, 15) is 5.11 Å². The van der Waals surface area contributed by atoms with E-state index in [0.717, 1.165) is 5.69 Å². The first-order valence-corrected chi connectivity index (χ1v) is 5.95. The molecule has 1 aliphatic rings. The Morgan fingerprint density at radius 3 is 3.11 bits per heavy atom. The first-order chi connectivity index (χ1) is 8.81. The first kappa shape index (κ1) is 11.3. The highest BCUT2D eigenvalue weighted by Crippen LogP contribution is 2.21. The number of aromatic nitrogens is 3. The van der Waals surface area contributed by atoms with Gasteiger partial charge in [-0.3, -0.25) is 4.98 Å². The van der Waals surface area contributed by atoms with Crippen LogP contribution in [0.4, 0.5) is 0 Å². The molecule has 1 aliphatic heterocycles. The van der Waals surface area contributed by atoms with E-state index < -0.39 is 0 Å². The zero-order valence-electron chi connectivity index (χ0n) is 9.78. The lowest BCUT2D eigenvalue weighted by Crippen LogP contribution is -2.15. The Morgan fingerprint density at radius 2 is 2.39 bits per heavy atom. The molecule has 2 unspecified atom stereocenters. The maximum atomic E-state index is 9.44. The summed E-state index contributed by atoms with van der Waals surface area (Å²) in [4.78, 5) is 8.55. The lowest BCUT2D eigenvalue weighted by atomic mass is 10.2. The summed E-state index contributed by atoms with van der Waals surface area (Å²) in [7, 11) is 0. The van der Waals surface area contributed by atoms with E-state index in [0.29, 0.717) is 31.1 Å². The van der Waals surface area contributed by atoms with Crippen molar-refractivity contribution in [2.75, 3.05) is 6.54 Å². The van der Waals surface area contributed by atoms with Gasteiger partial charge < -0.3 is 14.9 Å². The molecule has 2 aromatic rings. The van der Waals surface area contributed by atoms with Crippen molar-refractivity contribution in [3.05, 3.63) is 41.8 Å². The van der Waals surface area contributed by atoms with Crippen molar-refractivity contribution in [2.45, 2.75) is 25.0 Å². The molecule has 2 atom stereocenters. The predicted octanol–water partition coefficient (Wildman–Crippen LogP) is 0.451. The molecule has 0 aromatic carbocycles.